The van der Waals surface area contributed by atoms with Gasteiger partial charge in [-0.3, -0.25) is 19.3 Å². The van der Waals surface area contributed by atoms with Crippen LogP contribution in [0, 0.1) is 5.92 Å². The highest BCUT2D eigenvalue weighted by atomic mass is 16.5. The first kappa shape index (κ1) is 24.0. The number of para-hydroxylation sites is 1. The number of rotatable bonds is 5. The first-order valence-corrected chi connectivity index (χ1v) is 13.5. The highest BCUT2D eigenvalue weighted by Gasteiger charge is 2.41. The van der Waals surface area contributed by atoms with Gasteiger partial charge in [-0.15, -0.1) is 0 Å². The maximum atomic E-state index is 13.5. The van der Waals surface area contributed by atoms with Gasteiger partial charge >= 0.3 is 0 Å². The first-order chi connectivity index (χ1) is 18.1. The molecule has 37 heavy (non-hydrogen) atoms. The van der Waals surface area contributed by atoms with Crippen molar-refractivity contribution in [1.29, 1.82) is 0 Å². The normalized spacial score (nSPS) is 24.1. The minimum Gasteiger partial charge on any atom is -0.376 e. The van der Waals surface area contributed by atoms with Crippen LogP contribution in [0.15, 0.2) is 48.5 Å². The molecule has 6 rings (SSSR count). The van der Waals surface area contributed by atoms with Crippen molar-refractivity contribution in [2.75, 3.05) is 62.2 Å². The van der Waals surface area contributed by atoms with E-state index in [2.05, 4.69) is 21.9 Å². The second-order valence-corrected chi connectivity index (χ2v) is 10.5. The van der Waals surface area contributed by atoms with E-state index in [4.69, 9.17) is 4.74 Å². The smallest absolute Gasteiger partial charge is 0.263 e. The third kappa shape index (κ3) is 4.59. The molecule has 4 heterocycles. The minimum atomic E-state index is -0.239. The molecule has 194 valence electrons. The van der Waals surface area contributed by atoms with Crippen molar-refractivity contribution in [3.63, 3.8) is 0 Å². The monoisotopic (exact) mass is 502 g/mol. The van der Waals surface area contributed by atoms with Gasteiger partial charge < -0.3 is 19.4 Å². The van der Waals surface area contributed by atoms with Crippen LogP contribution >= 0.6 is 0 Å². The van der Waals surface area contributed by atoms with Crippen LogP contribution in [-0.4, -0.2) is 86.0 Å². The molecule has 2 unspecified atom stereocenters. The molecule has 0 bridgehead atoms. The Morgan fingerprint density at radius 3 is 2.41 bits per heavy atom. The van der Waals surface area contributed by atoms with Gasteiger partial charge in [-0.05, 0) is 49.9 Å². The molecule has 4 aliphatic heterocycles. The topological polar surface area (TPSA) is 73.4 Å². The van der Waals surface area contributed by atoms with Crippen LogP contribution in [0.1, 0.15) is 46.4 Å². The van der Waals surface area contributed by atoms with E-state index >= 15 is 0 Å². The molecule has 3 amide bonds. The minimum absolute atomic E-state index is 0.0787. The first-order valence-electron chi connectivity index (χ1n) is 13.5. The average molecular weight is 503 g/mol. The Bertz CT molecular complexity index is 1170. The van der Waals surface area contributed by atoms with Crippen LogP contribution in [0.2, 0.25) is 0 Å². The van der Waals surface area contributed by atoms with Crippen molar-refractivity contribution >= 4 is 29.1 Å². The van der Waals surface area contributed by atoms with Crippen molar-refractivity contribution in [1.82, 2.24) is 9.80 Å². The molecule has 8 nitrogen and oxygen atoms in total. The summed E-state index contributed by atoms with van der Waals surface area (Å²) in [5, 5.41) is 0. The van der Waals surface area contributed by atoms with Gasteiger partial charge in [0.05, 0.1) is 35.4 Å². The Morgan fingerprint density at radius 1 is 0.838 bits per heavy atom. The van der Waals surface area contributed by atoms with Gasteiger partial charge in [-0.25, -0.2) is 0 Å². The lowest BCUT2D eigenvalue weighted by molar-refractivity contribution is -0.136. The van der Waals surface area contributed by atoms with Gasteiger partial charge in [0.2, 0.25) is 5.91 Å². The summed E-state index contributed by atoms with van der Waals surface area (Å²) in [6.07, 6.45) is 3.48. The molecule has 3 fully saturated rings. The third-order valence-electron chi connectivity index (χ3n) is 8.21. The number of benzene rings is 2. The van der Waals surface area contributed by atoms with E-state index in [-0.39, 0.29) is 29.7 Å². The number of imide groups is 1. The SMILES string of the molecule is O=C(C1CCCN(c2cccc3c2C(=O)N(CC2CCCO2)C3=O)C1)N1CCN(c2ccccc2)CC1. The van der Waals surface area contributed by atoms with E-state index in [0.29, 0.717) is 30.8 Å². The molecule has 0 radical (unpaired) electrons. The van der Waals surface area contributed by atoms with E-state index < -0.39 is 0 Å². The second kappa shape index (κ2) is 10.2. The van der Waals surface area contributed by atoms with E-state index in [1.54, 1.807) is 6.07 Å². The molecule has 0 spiro atoms. The summed E-state index contributed by atoms with van der Waals surface area (Å²) in [6, 6.07) is 15.9. The van der Waals surface area contributed by atoms with Crippen molar-refractivity contribution in [2.45, 2.75) is 31.8 Å². The fraction of sp³-hybridized carbons (Fsp3) is 0.483. The van der Waals surface area contributed by atoms with Crippen LogP contribution < -0.4 is 9.80 Å². The second-order valence-electron chi connectivity index (χ2n) is 10.5. The summed E-state index contributed by atoms with van der Waals surface area (Å²) in [6.45, 7) is 5.43. The quantitative estimate of drug-likeness (QED) is 0.586. The molecular formula is C29H34N4O4. The Hall–Kier alpha value is -3.39. The number of fused-ring (bicyclic) bond motifs is 1. The molecule has 2 aromatic rings. The molecule has 2 aromatic carbocycles. The number of nitrogens with zero attached hydrogens (tertiary/aromatic N) is 4. The number of hydrogen-bond acceptors (Lipinski definition) is 6. The third-order valence-corrected chi connectivity index (χ3v) is 8.21. The Balaban J connectivity index is 1.13. The molecule has 8 heteroatoms. The highest BCUT2D eigenvalue weighted by Crippen LogP contribution is 2.35. The summed E-state index contributed by atoms with van der Waals surface area (Å²) in [7, 11) is 0. The summed E-state index contributed by atoms with van der Waals surface area (Å²) in [5.74, 6) is -0.384. The maximum absolute atomic E-state index is 13.5. The maximum Gasteiger partial charge on any atom is 0.263 e. The predicted octanol–water partition coefficient (Wildman–Crippen LogP) is 3.03. The standard InChI is InChI=1S/C29H34N4O4/c34-27(31-16-14-30(15-17-31)22-8-2-1-3-9-22)21-7-5-13-32(19-21)25-12-4-11-24-26(25)29(36)33(28(24)35)20-23-10-6-18-37-23/h1-4,8-9,11-12,21,23H,5-7,10,13-20H2. The van der Waals surface area contributed by atoms with Gasteiger partial charge in [0.15, 0.2) is 0 Å². The Morgan fingerprint density at radius 2 is 1.65 bits per heavy atom. The summed E-state index contributed by atoms with van der Waals surface area (Å²) < 4.78 is 5.69. The highest BCUT2D eigenvalue weighted by molar-refractivity contribution is 6.23. The van der Waals surface area contributed by atoms with Crippen molar-refractivity contribution in [2.24, 2.45) is 5.92 Å². The van der Waals surface area contributed by atoms with Crippen LogP contribution in [0.25, 0.3) is 0 Å². The largest absolute Gasteiger partial charge is 0.376 e. The molecule has 0 aromatic heterocycles. The predicted molar refractivity (Wildman–Crippen MR) is 141 cm³/mol. The van der Waals surface area contributed by atoms with Gasteiger partial charge in [-0.1, -0.05) is 24.3 Å². The van der Waals surface area contributed by atoms with Gasteiger partial charge in [0.25, 0.3) is 11.8 Å². The number of piperazine rings is 1. The molecule has 0 N–H and O–H groups in total. The molecule has 4 aliphatic rings. The number of amides is 3. The summed E-state index contributed by atoms with van der Waals surface area (Å²) in [4.78, 5) is 47.8. The zero-order valence-corrected chi connectivity index (χ0v) is 21.2. The number of anilines is 2. The molecule has 2 atom stereocenters. The number of carbonyl (C=O) groups excluding carboxylic acids is 3. The number of hydrogen-bond donors (Lipinski definition) is 0. The van der Waals surface area contributed by atoms with Gasteiger partial charge in [-0.2, -0.15) is 0 Å². The number of carbonyl (C=O) groups is 3. The molecule has 3 saturated heterocycles. The van der Waals surface area contributed by atoms with Gasteiger partial charge in [0.1, 0.15) is 0 Å². The van der Waals surface area contributed by atoms with E-state index in [9.17, 15) is 14.4 Å². The number of piperidine rings is 1. The van der Waals surface area contributed by atoms with E-state index in [1.165, 1.54) is 10.6 Å². The average Bonchev–Trinajstić information content (AvgIpc) is 3.56. The zero-order valence-electron chi connectivity index (χ0n) is 21.2. The summed E-state index contributed by atoms with van der Waals surface area (Å²) >= 11 is 0. The Kier molecular flexibility index (Phi) is 6.59. The lowest BCUT2D eigenvalue weighted by Crippen LogP contribution is -2.52. The van der Waals surface area contributed by atoms with Crippen LogP contribution in [-0.2, 0) is 9.53 Å². The lowest BCUT2D eigenvalue weighted by Gasteiger charge is -2.40. The van der Waals surface area contributed by atoms with Crippen molar-refractivity contribution in [3.05, 3.63) is 59.7 Å². The van der Waals surface area contributed by atoms with E-state index in [0.717, 1.165) is 64.1 Å². The lowest BCUT2D eigenvalue weighted by atomic mass is 9.94. The summed E-state index contributed by atoms with van der Waals surface area (Å²) in [5.41, 5.74) is 2.92. The fourth-order valence-electron chi connectivity index (χ4n) is 6.22. The Labute approximate surface area is 217 Å². The fourth-order valence-corrected chi connectivity index (χ4v) is 6.22. The molecule has 0 saturated carbocycles. The van der Waals surface area contributed by atoms with Crippen LogP contribution in [0.3, 0.4) is 0 Å². The van der Waals surface area contributed by atoms with Crippen LogP contribution in [0.4, 0.5) is 11.4 Å². The molecular weight excluding hydrogens is 468 g/mol. The van der Waals surface area contributed by atoms with E-state index in [1.807, 2.05) is 35.2 Å². The molecule has 0 aliphatic carbocycles. The zero-order chi connectivity index (χ0) is 25.4. The van der Waals surface area contributed by atoms with Crippen molar-refractivity contribution < 1.29 is 19.1 Å². The van der Waals surface area contributed by atoms with Crippen molar-refractivity contribution in [3.8, 4) is 0 Å². The number of ether oxygens (including phenoxy) is 1. The van der Waals surface area contributed by atoms with Gasteiger partial charge in [0, 0.05) is 51.6 Å². The van der Waals surface area contributed by atoms with Crippen LogP contribution in [0.5, 0.6) is 0 Å².